The molecule has 1 saturated heterocycles. The number of hydrogen-bond donors (Lipinski definition) is 2. The van der Waals surface area contributed by atoms with E-state index in [1.54, 1.807) is 6.20 Å². The maximum atomic E-state index is 12.4. The summed E-state index contributed by atoms with van der Waals surface area (Å²) in [7, 11) is 2.16. The van der Waals surface area contributed by atoms with Crippen LogP contribution in [0.1, 0.15) is 29.6 Å². The van der Waals surface area contributed by atoms with Crippen molar-refractivity contribution in [3.05, 3.63) is 60.3 Å². The number of amides is 1. The number of likely N-dealkylation sites (tertiary alicyclic amines) is 1. The van der Waals surface area contributed by atoms with E-state index in [1.165, 1.54) is 12.8 Å². The summed E-state index contributed by atoms with van der Waals surface area (Å²) in [5.41, 5.74) is 8.65. The fourth-order valence-electron chi connectivity index (χ4n) is 3.95. The summed E-state index contributed by atoms with van der Waals surface area (Å²) >= 11 is 0. The molecule has 0 radical (unpaired) electrons. The molecule has 0 saturated carbocycles. The van der Waals surface area contributed by atoms with E-state index in [1.807, 2.05) is 36.4 Å². The minimum Gasteiger partial charge on any atom is -0.384 e. The number of carbonyl (C=O) groups is 1. The summed E-state index contributed by atoms with van der Waals surface area (Å²) in [6, 6.07) is 16.4. The second kappa shape index (κ2) is 7.98. The number of anilines is 1. The summed E-state index contributed by atoms with van der Waals surface area (Å²) in [6.07, 6.45) is 5.28. The minimum absolute atomic E-state index is 0.00967. The SMILES string of the molecule is CN1CCCC1CCNC(=O)c1ccc(-c2ccc3cnc(N)cc3c2)cc1. The number of aromatic nitrogens is 1. The highest BCUT2D eigenvalue weighted by Crippen LogP contribution is 2.25. The van der Waals surface area contributed by atoms with Gasteiger partial charge < -0.3 is 16.0 Å². The number of nitrogens with two attached hydrogens (primary N) is 1. The lowest BCUT2D eigenvalue weighted by Crippen LogP contribution is -2.31. The number of nitrogens with zero attached hydrogens (tertiary/aromatic N) is 2. The molecule has 5 heteroatoms. The van der Waals surface area contributed by atoms with E-state index in [0.29, 0.717) is 17.4 Å². The summed E-state index contributed by atoms with van der Waals surface area (Å²) in [4.78, 5) is 18.9. The second-order valence-electron chi connectivity index (χ2n) is 7.57. The van der Waals surface area contributed by atoms with E-state index in [2.05, 4.69) is 34.4 Å². The van der Waals surface area contributed by atoms with Gasteiger partial charge in [-0.05, 0) is 73.6 Å². The van der Waals surface area contributed by atoms with Crippen LogP contribution in [-0.4, -0.2) is 42.0 Å². The number of hydrogen-bond acceptors (Lipinski definition) is 4. The maximum absolute atomic E-state index is 12.4. The predicted molar refractivity (Wildman–Crippen MR) is 114 cm³/mol. The largest absolute Gasteiger partial charge is 0.384 e. The van der Waals surface area contributed by atoms with Crippen LogP contribution >= 0.6 is 0 Å². The van der Waals surface area contributed by atoms with Crippen molar-refractivity contribution in [2.45, 2.75) is 25.3 Å². The Morgan fingerprint density at radius 2 is 1.93 bits per heavy atom. The van der Waals surface area contributed by atoms with E-state index in [0.717, 1.165) is 41.4 Å². The molecular weight excluding hydrogens is 348 g/mol. The molecule has 3 aromatic rings. The smallest absolute Gasteiger partial charge is 0.251 e. The average molecular weight is 374 g/mol. The molecular formula is C23H26N4O. The van der Waals surface area contributed by atoms with Crippen LogP contribution in [0, 0.1) is 0 Å². The van der Waals surface area contributed by atoms with Crippen molar-refractivity contribution in [3.8, 4) is 11.1 Å². The zero-order valence-electron chi connectivity index (χ0n) is 16.2. The molecule has 2 aromatic carbocycles. The van der Waals surface area contributed by atoms with E-state index in [9.17, 15) is 4.79 Å². The van der Waals surface area contributed by atoms with Crippen molar-refractivity contribution in [1.82, 2.24) is 15.2 Å². The summed E-state index contributed by atoms with van der Waals surface area (Å²) in [5.74, 6) is 0.505. The highest BCUT2D eigenvalue weighted by molar-refractivity contribution is 5.95. The monoisotopic (exact) mass is 374 g/mol. The van der Waals surface area contributed by atoms with Crippen molar-refractivity contribution in [3.63, 3.8) is 0 Å². The van der Waals surface area contributed by atoms with Gasteiger partial charge in [-0.1, -0.05) is 24.3 Å². The third-order valence-electron chi connectivity index (χ3n) is 5.66. The topological polar surface area (TPSA) is 71.2 Å². The fourth-order valence-corrected chi connectivity index (χ4v) is 3.95. The standard InChI is InChI=1S/C23H26N4O/c1-27-12-2-3-21(27)10-11-25-23(28)17-6-4-16(5-7-17)18-8-9-19-15-26-22(24)14-20(19)13-18/h4-9,13-15,21H,2-3,10-12H2,1H3,(H2,24,26)(H,25,28). The van der Waals surface area contributed by atoms with Gasteiger partial charge in [0.25, 0.3) is 5.91 Å². The third-order valence-corrected chi connectivity index (χ3v) is 5.66. The molecule has 4 rings (SSSR count). The molecule has 1 amide bonds. The van der Waals surface area contributed by atoms with E-state index in [-0.39, 0.29) is 5.91 Å². The number of fused-ring (bicyclic) bond motifs is 1. The van der Waals surface area contributed by atoms with Crippen LogP contribution in [0.15, 0.2) is 54.7 Å². The van der Waals surface area contributed by atoms with Gasteiger partial charge in [-0.2, -0.15) is 0 Å². The van der Waals surface area contributed by atoms with Crippen molar-refractivity contribution in [1.29, 1.82) is 0 Å². The molecule has 2 heterocycles. The van der Waals surface area contributed by atoms with Gasteiger partial charge in [0, 0.05) is 29.7 Å². The number of rotatable bonds is 5. The molecule has 0 bridgehead atoms. The van der Waals surface area contributed by atoms with Crippen LogP contribution in [-0.2, 0) is 0 Å². The summed E-state index contributed by atoms with van der Waals surface area (Å²) in [5, 5.41) is 5.17. The second-order valence-corrected chi connectivity index (χ2v) is 7.57. The molecule has 1 aliphatic heterocycles. The zero-order valence-corrected chi connectivity index (χ0v) is 16.2. The molecule has 5 nitrogen and oxygen atoms in total. The Labute approximate surface area is 165 Å². The normalized spacial score (nSPS) is 17.1. The Bertz CT molecular complexity index is 984. The van der Waals surface area contributed by atoms with Crippen molar-refractivity contribution < 1.29 is 4.79 Å². The van der Waals surface area contributed by atoms with Crippen LogP contribution < -0.4 is 11.1 Å². The summed E-state index contributed by atoms with van der Waals surface area (Å²) in [6.45, 7) is 1.88. The zero-order chi connectivity index (χ0) is 19.5. The van der Waals surface area contributed by atoms with E-state index in [4.69, 9.17) is 5.73 Å². The van der Waals surface area contributed by atoms with Crippen molar-refractivity contribution in [2.75, 3.05) is 25.9 Å². The molecule has 3 N–H and O–H groups in total. The quantitative estimate of drug-likeness (QED) is 0.714. The minimum atomic E-state index is -0.00967. The molecule has 1 aliphatic rings. The Hall–Kier alpha value is -2.92. The first kappa shape index (κ1) is 18.4. The number of carbonyl (C=O) groups excluding carboxylic acids is 1. The Balaban J connectivity index is 1.41. The van der Waals surface area contributed by atoms with Crippen LogP contribution in [0.5, 0.6) is 0 Å². The number of benzene rings is 2. The van der Waals surface area contributed by atoms with Gasteiger partial charge in [-0.15, -0.1) is 0 Å². The predicted octanol–water partition coefficient (Wildman–Crippen LogP) is 3.70. The Kier molecular flexibility index (Phi) is 5.26. The first-order chi connectivity index (χ1) is 13.6. The average Bonchev–Trinajstić information content (AvgIpc) is 3.12. The number of pyridine rings is 1. The van der Waals surface area contributed by atoms with Crippen molar-refractivity contribution >= 4 is 22.5 Å². The van der Waals surface area contributed by atoms with Gasteiger partial charge in [-0.3, -0.25) is 4.79 Å². The van der Waals surface area contributed by atoms with Gasteiger partial charge in [0.1, 0.15) is 5.82 Å². The fraction of sp³-hybridized carbons (Fsp3) is 0.304. The molecule has 1 atom stereocenters. The maximum Gasteiger partial charge on any atom is 0.251 e. The third kappa shape index (κ3) is 3.99. The molecule has 28 heavy (non-hydrogen) atoms. The molecule has 0 spiro atoms. The van der Waals surface area contributed by atoms with Gasteiger partial charge in [0.15, 0.2) is 0 Å². The van der Waals surface area contributed by atoms with Crippen LogP contribution in [0.25, 0.3) is 21.9 Å². The Morgan fingerprint density at radius 3 is 2.68 bits per heavy atom. The molecule has 1 fully saturated rings. The first-order valence-corrected chi connectivity index (χ1v) is 9.84. The van der Waals surface area contributed by atoms with Gasteiger partial charge >= 0.3 is 0 Å². The summed E-state index contributed by atoms with van der Waals surface area (Å²) < 4.78 is 0. The lowest BCUT2D eigenvalue weighted by atomic mass is 10.0. The number of nitrogen functional groups attached to an aromatic ring is 1. The highest BCUT2D eigenvalue weighted by Gasteiger charge is 2.20. The van der Waals surface area contributed by atoms with Crippen molar-refractivity contribution in [2.24, 2.45) is 0 Å². The van der Waals surface area contributed by atoms with Crippen LogP contribution in [0.3, 0.4) is 0 Å². The van der Waals surface area contributed by atoms with Gasteiger partial charge in [0.05, 0.1) is 0 Å². The molecule has 1 aromatic heterocycles. The molecule has 144 valence electrons. The first-order valence-electron chi connectivity index (χ1n) is 9.84. The Morgan fingerprint density at radius 1 is 1.14 bits per heavy atom. The van der Waals surface area contributed by atoms with E-state index >= 15 is 0 Å². The number of nitrogens with one attached hydrogen (secondary N) is 1. The lowest BCUT2D eigenvalue weighted by Gasteiger charge is -2.19. The van der Waals surface area contributed by atoms with Gasteiger partial charge in [-0.25, -0.2) is 4.98 Å². The molecule has 0 aliphatic carbocycles. The lowest BCUT2D eigenvalue weighted by molar-refractivity contribution is 0.0950. The van der Waals surface area contributed by atoms with Crippen LogP contribution in [0.2, 0.25) is 0 Å². The van der Waals surface area contributed by atoms with Gasteiger partial charge in [0.2, 0.25) is 0 Å². The van der Waals surface area contributed by atoms with E-state index < -0.39 is 0 Å². The molecule has 1 unspecified atom stereocenters. The highest BCUT2D eigenvalue weighted by atomic mass is 16.1. The van der Waals surface area contributed by atoms with Crippen LogP contribution in [0.4, 0.5) is 5.82 Å².